The van der Waals surface area contributed by atoms with Crippen LogP contribution in [-0.2, 0) is 11.3 Å². The first-order chi connectivity index (χ1) is 12.1. The Hall–Kier alpha value is -2.93. The molecule has 0 aliphatic carbocycles. The third-order valence-electron chi connectivity index (χ3n) is 4.37. The number of nitrogens with two attached hydrogens (primary N) is 2. The van der Waals surface area contributed by atoms with Crippen molar-refractivity contribution in [3.63, 3.8) is 0 Å². The van der Waals surface area contributed by atoms with E-state index in [0.29, 0.717) is 31.7 Å². The van der Waals surface area contributed by atoms with Gasteiger partial charge in [-0.2, -0.15) is 0 Å². The zero-order valence-corrected chi connectivity index (χ0v) is 13.8. The molecule has 0 saturated carbocycles. The van der Waals surface area contributed by atoms with Crippen LogP contribution in [-0.4, -0.2) is 52.3 Å². The summed E-state index contributed by atoms with van der Waals surface area (Å²) < 4.78 is 0. The van der Waals surface area contributed by atoms with Crippen molar-refractivity contribution in [2.75, 3.05) is 25.4 Å². The van der Waals surface area contributed by atoms with Gasteiger partial charge in [-0.25, -0.2) is 4.98 Å². The fraction of sp³-hybridized carbons (Fsp3) is 0.278. The van der Waals surface area contributed by atoms with Crippen molar-refractivity contribution < 1.29 is 9.59 Å². The molecule has 1 aliphatic rings. The molecule has 0 bridgehead atoms. The summed E-state index contributed by atoms with van der Waals surface area (Å²) in [5.41, 5.74) is 12.8. The summed E-state index contributed by atoms with van der Waals surface area (Å²) in [6.45, 7) is 2.18. The van der Waals surface area contributed by atoms with Crippen molar-refractivity contribution in [3.05, 3.63) is 59.8 Å². The second kappa shape index (κ2) is 7.31. The zero-order valence-electron chi connectivity index (χ0n) is 13.8. The smallest absolute Gasteiger partial charge is 0.258 e. The number of benzene rings is 1. The van der Waals surface area contributed by atoms with Gasteiger partial charge in [-0.15, -0.1) is 0 Å². The Kier molecular flexibility index (Phi) is 4.95. The number of pyridine rings is 1. The summed E-state index contributed by atoms with van der Waals surface area (Å²) in [5.74, 6) is -0.676. The normalized spacial score (nSPS) is 18.1. The molecule has 1 atom stereocenters. The van der Waals surface area contributed by atoms with Crippen LogP contribution >= 0.6 is 0 Å². The molecule has 7 nitrogen and oxygen atoms in total. The summed E-state index contributed by atoms with van der Waals surface area (Å²) >= 11 is 0. The van der Waals surface area contributed by atoms with Crippen LogP contribution < -0.4 is 11.5 Å². The van der Waals surface area contributed by atoms with Crippen molar-refractivity contribution in [2.24, 2.45) is 5.73 Å². The van der Waals surface area contributed by atoms with E-state index < -0.39 is 11.9 Å². The molecule has 0 spiro atoms. The third-order valence-corrected chi connectivity index (χ3v) is 4.37. The van der Waals surface area contributed by atoms with Gasteiger partial charge in [-0.3, -0.25) is 14.5 Å². The molecule has 25 heavy (non-hydrogen) atoms. The Morgan fingerprint density at radius 2 is 1.88 bits per heavy atom. The molecule has 130 valence electrons. The summed E-state index contributed by atoms with van der Waals surface area (Å²) in [7, 11) is 0. The number of primary amides is 1. The molecule has 2 heterocycles. The average molecular weight is 339 g/mol. The fourth-order valence-electron chi connectivity index (χ4n) is 3.06. The molecule has 0 radical (unpaired) electrons. The van der Waals surface area contributed by atoms with Gasteiger partial charge in [0.2, 0.25) is 5.91 Å². The lowest BCUT2D eigenvalue weighted by Gasteiger charge is -2.40. The first-order valence-electron chi connectivity index (χ1n) is 8.13. The number of carbonyl (C=O) groups excluding carboxylic acids is 2. The predicted molar refractivity (Wildman–Crippen MR) is 94.4 cm³/mol. The second-order valence-electron chi connectivity index (χ2n) is 6.07. The van der Waals surface area contributed by atoms with Gasteiger partial charge in [0.15, 0.2) is 0 Å². The van der Waals surface area contributed by atoms with E-state index in [4.69, 9.17) is 11.5 Å². The lowest BCUT2D eigenvalue weighted by Crippen LogP contribution is -2.59. The number of anilines is 1. The molecule has 0 unspecified atom stereocenters. The quantitative estimate of drug-likeness (QED) is 0.843. The summed E-state index contributed by atoms with van der Waals surface area (Å²) in [6.07, 6.45) is 1.52. The highest BCUT2D eigenvalue weighted by atomic mass is 16.2. The zero-order chi connectivity index (χ0) is 17.8. The first-order valence-corrected chi connectivity index (χ1v) is 8.13. The number of hydrogen-bond acceptors (Lipinski definition) is 5. The SMILES string of the molecule is NC(=O)[C@H]1CN(Cc2ccccc2)CCN1C(=O)c1cccnc1N. The van der Waals surface area contributed by atoms with Crippen LogP contribution in [0.4, 0.5) is 5.82 Å². The van der Waals surface area contributed by atoms with Crippen LogP contribution in [0.15, 0.2) is 48.7 Å². The van der Waals surface area contributed by atoms with Gasteiger partial charge in [0.1, 0.15) is 11.9 Å². The van der Waals surface area contributed by atoms with Gasteiger partial charge in [-0.05, 0) is 17.7 Å². The van der Waals surface area contributed by atoms with Crippen molar-refractivity contribution in [3.8, 4) is 0 Å². The molecule has 1 aromatic heterocycles. The topological polar surface area (TPSA) is 106 Å². The number of nitrogen functional groups attached to an aromatic ring is 1. The van der Waals surface area contributed by atoms with Crippen molar-refractivity contribution in [1.82, 2.24) is 14.8 Å². The van der Waals surface area contributed by atoms with E-state index in [-0.39, 0.29) is 11.7 Å². The van der Waals surface area contributed by atoms with E-state index in [2.05, 4.69) is 9.88 Å². The molecule has 1 aromatic carbocycles. The molecule has 7 heteroatoms. The standard InChI is InChI=1S/C18H21N5O2/c19-16-14(7-4-8-21-16)18(25)23-10-9-22(12-15(23)17(20)24)11-13-5-2-1-3-6-13/h1-8,15H,9-12H2,(H2,19,21)(H2,20,24)/t15-/m1/s1. The van der Waals surface area contributed by atoms with Gasteiger partial charge < -0.3 is 16.4 Å². The van der Waals surface area contributed by atoms with Crippen molar-refractivity contribution in [2.45, 2.75) is 12.6 Å². The number of nitrogens with zero attached hydrogens (tertiary/aromatic N) is 3. The minimum atomic E-state index is -0.690. The highest BCUT2D eigenvalue weighted by Gasteiger charge is 2.35. The summed E-state index contributed by atoms with van der Waals surface area (Å²) in [6, 6.07) is 12.6. The van der Waals surface area contributed by atoms with Gasteiger partial charge in [0.25, 0.3) is 5.91 Å². The van der Waals surface area contributed by atoms with Crippen molar-refractivity contribution in [1.29, 1.82) is 0 Å². The second-order valence-corrected chi connectivity index (χ2v) is 6.07. The average Bonchev–Trinajstić information content (AvgIpc) is 2.62. The lowest BCUT2D eigenvalue weighted by atomic mass is 10.1. The van der Waals surface area contributed by atoms with Crippen LogP contribution in [0.1, 0.15) is 15.9 Å². The Balaban J connectivity index is 1.75. The van der Waals surface area contributed by atoms with E-state index in [1.807, 2.05) is 30.3 Å². The number of amides is 2. The maximum Gasteiger partial charge on any atom is 0.258 e. The molecule has 3 rings (SSSR count). The van der Waals surface area contributed by atoms with Gasteiger partial charge in [0, 0.05) is 32.4 Å². The molecule has 1 fully saturated rings. The van der Waals surface area contributed by atoms with E-state index in [0.717, 1.165) is 5.56 Å². The highest BCUT2D eigenvalue weighted by Crippen LogP contribution is 2.18. The van der Waals surface area contributed by atoms with Crippen LogP contribution in [0.5, 0.6) is 0 Å². The largest absolute Gasteiger partial charge is 0.383 e. The number of hydrogen-bond donors (Lipinski definition) is 2. The highest BCUT2D eigenvalue weighted by molar-refractivity contribution is 6.00. The monoisotopic (exact) mass is 339 g/mol. The Morgan fingerprint density at radius 1 is 1.12 bits per heavy atom. The minimum Gasteiger partial charge on any atom is -0.383 e. The minimum absolute atomic E-state index is 0.155. The van der Waals surface area contributed by atoms with Crippen LogP contribution in [0, 0.1) is 0 Å². The number of rotatable bonds is 4. The summed E-state index contributed by atoms with van der Waals surface area (Å²) in [4.78, 5) is 32.3. The van der Waals surface area contributed by atoms with E-state index in [9.17, 15) is 9.59 Å². The Labute approximate surface area is 146 Å². The van der Waals surface area contributed by atoms with E-state index in [1.165, 1.54) is 11.1 Å². The Morgan fingerprint density at radius 3 is 2.56 bits per heavy atom. The molecule has 2 aromatic rings. The Bertz CT molecular complexity index is 765. The van der Waals surface area contributed by atoms with Crippen LogP contribution in [0.25, 0.3) is 0 Å². The van der Waals surface area contributed by atoms with Crippen molar-refractivity contribution >= 4 is 17.6 Å². The van der Waals surface area contributed by atoms with Gasteiger partial charge >= 0.3 is 0 Å². The van der Waals surface area contributed by atoms with E-state index >= 15 is 0 Å². The lowest BCUT2D eigenvalue weighted by molar-refractivity contribution is -0.124. The van der Waals surface area contributed by atoms with Gasteiger partial charge in [0.05, 0.1) is 5.56 Å². The maximum atomic E-state index is 12.8. The molecule has 1 saturated heterocycles. The molecular formula is C18H21N5O2. The van der Waals surface area contributed by atoms with Gasteiger partial charge in [-0.1, -0.05) is 30.3 Å². The maximum absolute atomic E-state index is 12.8. The van der Waals surface area contributed by atoms with Crippen LogP contribution in [0.2, 0.25) is 0 Å². The molecular weight excluding hydrogens is 318 g/mol. The molecule has 4 N–H and O–H groups in total. The first kappa shape index (κ1) is 16.9. The summed E-state index contributed by atoms with van der Waals surface area (Å²) in [5, 5.41) is 0. The molecule has 2 amide bonds. The predicted octanol–water partition coefficient (Wildman–Crippen LogP) is 0.476. The fourth-order valence-corrected chi connectivity index (χ4v) is 3.06. The van der Waals surface area contributed by atoms with E-state index in [1.54, 1.807) is 12.1 Å². The number of piperazine rings is 1. The third kappa shape index (κ3) is 3.77. The number of carbonyl (C=O) groups is 2. The van der Waals surface area contributed by atoms with Crippen LogP contribution in [0.3, 0.4) is 0 Å². The number of aromatic nitrogens is 1. The molecule has 1 aliphatic heterocycles.